The van der Waals surface area contributed by atoms with E-state index < -0.39 is 0 Å². The monoisotopic (exact) mass is 378 g/mol. The highest BCUT2D eigenvalue weighted by Gasteiger charge is 2.21. The molecule has 1 fully saturated rings. The topological polar surface area (TPSA) is 58.9 Å². The van der Waals surface area contributed by atoms with Gasteiger partial charge in [-0.1, -0.05) is 17.4 Å². The maximum Gasteiger partial charge on any atom is 0.187 e. The molecule has 3 aromatic heterocycles. The molecule has 138 valence electrons. The molecule has 4 heterocycles. The molecule has 1 aliphatic rings. The number of benzene rings is 1. The van der Waals surface area contributed by atoms with Gasteiger partial charge in [0, 0.05) is 37.3 Å². The van der Waals surface area contributed by atoms with Crippen molar-refractivity contribution in [3.05, 3.63) is 36.5 Å². The zero-order valence-corrected chi connectivity index (χ0v) is 16.3. The van der Waals surface area contributed by atoms with E-state index in [1.165, 1.54) is 0 Å². The third-order valence-electron chi connectivity index (χ3n) is 5.32. The standard InChI is InChI=1S/C20H22N6S/c1-25-12-14-11-13(3-4-17(14)24-25)16-5-6-18-19(22-16)27-20(23-18)26(2)15-7-9-21-10-8-15/h3-6,11-12,15,21H,7-10H2,1-2H3. The van der Waals surface area contributed by atoms with Crippen molar-refractivity contribution in [1.29, 1.82) is 0 Å². The van der Waals surface area contributed by atoms with E-state index in [0.717, 1.165) is 63.6 Å². The van der Waals surface area contributed by atoms with Gasteiger partial charge in [-0.05, 0) is 50.2 Å². The number of pyridine rings is 1. The molecule has 1 N–H and O–H groups in total. The van der Waals surface area contributed by atoms with Crippen LogP contribution < -0.4 is 10.2 Å². The van der Waals surface area contributed by atoms with E-state index in [-0.39, 0.29) is 0 Å². The number of nitrogens with zero attached hydrogens (tertiary/aromatic N) is 5. The average molecular weight is 379 g/mol. The van der Waals surface area contributed by atoms with Crippen molar-refractivity contribution in [2.45, 2.75) is 18.9 Å². The second-order valence-electron chi connectivity index (χ2n) is 7.19. The predicted molar refractivity (Wildman–Crippen MR) is 111 cm³/mol. The summed E-state index contributed by atoms with van der Waals surface area (Å²) in [6, 6.07) is 11.0. The van der Waals surface area contributed by atoms with Gasteiger partial charge in [0.25, 0.3) is 0 Å². The molecule has 0 amide bonds. The molecule has 0 bridgehead atoms. The van der Waals surface area contributed by atoms with Crippen molar-refractivity contribution in [3.8, 4) is 11.3 Å². The summed E-state index contributed by atoms with van der Waals surface area (Å²) in [5, 5.41) is 10.1. The fourth-order valence-corrected chi connectivity index (χ4v) is 4.75. The number of aromatic nitrogens is 4. The van der Waals surface area contributed by atoms with Gasteiger partial charge in [0.1, 0.15) is 10.3 Å². The van der Waals surface area contributed by atoms with Gasteiger partial charge in [0.15, 0.2) is 5.13 Å². The van der Waals surface area contributed by atoms with E-state index >= 15 is 0 Å². The van der Waals surface area contributed by atoms with Crippen LogP contribution in [0.4, 0.5) is 5.13 Å². The lowest BCUT2D eigenvalue weighted by Crippen LogP contribution is -2.41. The highest BCUT2D eigenvalue weighted by Crippen LogP contribution is 2.31. The van der Waals surface area contributed by atoms with Crippen LogP contribution in [0.2, 0.25) is 0 Å². The summed E-state index contributed by atoms with van der Waals surface area (Å²) in [7, 11) is 4.10. The Labute approximate surface area is 161 Å². The van der Waals surface area contributed by atoms with Gasteiger partial charge in [0.2, 0.25) is 0 Å². The van der Waals surface area contributed by atoms with Gasteiger partial charge < -0.3 is 10.2 Å². The molecule has 1 aliphatic heterocycles. The first kappa shape index (κ1) is 16.6. The molecule has 0 saturated carbocycles. The number of nitrogens with one attached hydrogen (secondary N) is 1. The van der Waals surface area contributed by atoms with E-state index in [1.54, 1.807) is 11.3 Å². The van der Waals surface area contributed by atoms with Crippen LogP contribution in [-0.4, -0.2) is 45.9 Å². The number of rotatable bonds is 3. The SMILES string of the molecule is CN(c1nc2ccc(-c3ccc4nn(C)cc4c3)nc2s1)C1CCNCC1. The van der Waals surface area contributed by atoms with Gasteiger partial charge in [0.05, 0.1) is 11.2 Å². The molecular weight excluding hydrogens is 356 g/mol. The van der Waals surface area contributed by atoms with Crippen LogP contribution in [0.15, 0.2) is 36.5 Å². The largest absolute Gasteiger partial charge is 0.348 e. The summed E-state index contributed by atoms with van der Waals surface area (Å²) in [6.45, 7) is 2.16. The van der Waals surface area contributed by atoms with E-state index in [4.69, 9.17) is 9.97 Å². The van der Waals surface area contributed by atoms with Crippen LogP contribution in [0.1, 0.15) is 12.8 Å². The second-order valence-corrected chi connectivity index (χ2v) is 8.14. The first-order chi connectivity index (χ1) is 13.2. The van der Waals surface area contributed by atoms with Gasteiger partial charge in [-0.25, -0.2) is 9.97 Å². The highest BCUT2D eigenvalue weighted by molar-refractivity contribution is 7.21. The van der Waals surface area contributed by atoms with Crippen molar-refractivity contribution >= 4 is 37.7 Å². The van der Waals surface area contributed by atoms with Crippen molar-refractivity contribution in [2.75, 3.05) is 25.0 Å². The van der Waals surface area contributed by atoms with Crippen LogP contribution in [0.5, 0.6) is 0 Å². The first-order valence-corrected chi connectivity index (χ1v) is 10.1. The summed E-state index contributed by atoms with van der Waals surface area (Å²) in [6.07, 6.45) is 4.36. The van der Waals surface area contributed by atoms with Crippen molar-refractivity contribution < 1.29 is 0 Å². The quantitative estimate of drug-likeness (QED) is 0.592. The zero-order valence-electron chi connectivity index (χ0n) is 15.5. The Bertz CT molecular complexity index is 1110. The Morgan fingerprint density at radius 3 is 2.78 bits per heavy atom. The summed E-state index contributed by atoms with van der Waals surface area (Å²) >= 11 is 1.68. The molecule has 1 aromatic carbocycles. The molecule has 0 spiro atoms. The number of piperidine rings is 1. The van der Waals surface area contributed by atoms with Crippen molar-refractivity contribution in [2.24, 2.45) is 7.05 Å². The smallest absolute Gasteiger partial charge is 0.187 e. The van der Waals surface area contributed by atoms with Crippen LogP contribution in [0, 0.1) is 0 Å². The molecule has 0 unspecified atom stereocenters. The normalized spacial score (nSPS) is 15.6. The molecule has 5 rings (SSSR count). The lowest BCUT2D eigenvalue weighted by molar-refractivity contribution is 0.443. The average Bonchev–Trinajstić information content (AvgIpc) is 3.29. The highest BCUT2D eigenvalue weighted by atomic mass is 32.1. The van der Waals surface area contributed by atoms with E-state index in [9.17, 15) is 0 Å². The fraction of sp³-hybridized carbons (Fsp3) is 0.350. The summed E-state index contributed by atoms with van der Waals surface area (Å²) in [5.41, 5.74) is 4.07. The summed E-state index contributed by atoms with van der Waals surface area (Å²) in [5.74, 6) is 0. The molecule has 6 nitrogen and oxygen atoms in total. The maximum atomic E-state index is 4.90. The molecule has 0 atom stereocenters. The van der Waals surface area contributed by atoms with Gasteiger partial charge in [-0.2, -0.15) is 5.10 Å². The van der Waals surface area contributed by atoms with E-state index in [1.807, 2.05) is 17.9 Å². The lowest BCUT2D eigenvalue weighted by atomic mass is 10.1. The molecule has 1 saturated heterocycles. The van der Waals surface area contributed by atoms with Crippen LogP contribution in [0.25, 0.3) is 32.5 Å². The summed E-state index contributed by atoms with van der Waals surface area (Å²) in [4.78, 5) is 13.0. The van der Waals surface area contributed by atoms with Crippen LogP contribution in [-0.2, 0) is 7.05 Å². The number of hydrogen-bond donors (Lipinski definition) is 1. The fourth-order valence-electron chi connectivity index (χ4n) is 3.78. The number of anilines is 1. The van der Waals surface area contributed by atoms with Crippen molar-refractivity contribution in [1.82, 2.24) is 25.1 Å². The van der Waals surface area contributed by atoms with Crippen LogP contribution >= 0.6 is 11.3 Å². The lowest BCUT2D eigenvalue weighted by Gasteiger charge is -2.31. The van der Waals surface area contributed by atoms with Gasteiger partial charge >= 0.3 is 0 Å². The predicted octanol–water partition coefficient (Wildman–Crippen LogP) is 3.43. The molecule has 0 aliphatic carbocycles. The first-order valence-electron chi connectivity index (χ1n) is 9.32. The van der Waals surface area contributed by atoms with Gasteiger partial charge in [-0.15, -0.1) is 0 Å². The van der Waals surface area contributed by atoms with E-state index in [2.05, 4.69) is 52.7 Å². The number of hydrogen-bond acceptors (Lipinski definition) is 6. The Balaban J connectivity index is 1.49. The minimum absolute atomic E-state index is 0.555. The molecule has 4 aromatic rings. The number of thiazole rings is 1. The third-order valence-corrected chi connectivity index (χ3v) is 6.37. The van der Waals surface area contributed by atoms with Crippen LogP contribution in [0.3, 0.4) is 0 Å². The number of aryl methyl sites for hydroxylation is 1. The molecule has 0 radical (unpaired) electrons. The zero-order chi connectivity index (χ0) is 18.4. The van der Waals surface area contributed by atoms with E-state index in [0.29, 0.717) is 6.04 Å². The Kier molecular flexibility index (Phi) is 4.06. The Morgan fingerprint density at radius 2 is 1.93 bits per heavy atom. The van der Waals surface area contributed by atoms with Gasteiger partial charge in [-0.3, -0.25) is 4.68 Å². The Hall–Kier alpha value is -2.51. The summed E-state index contributed by atoms with van der Waals surface area (Å²) < 4.78 is 1.84. The third kappa shape index (κ3) is 3.07. The van der Waals surface area contributed by atoms with Crippen molar-refractivity contribution in [3.63, 3.8) is 0 Å². The minimum Gasteiger partial charge on any atom is -0.348 e. The molecule has 7 heteroatoms. The second kappa shape index (κ2) is 6.58. The molecule has 27 heavy (non-hydrogen) atoms. The Morgan fingerprint density at radius 1 is 1.11 bits per heavy atom. The molecular formula is C20H22N6S. The maximum absolute atomic E-state index is 4.90. The number of fused-ring (bicyclic) bond motifs is 2. The minimum atomic E-state index is 0.555.